The van der Waals surface area contributed by atoms with Gasteiger partial charge in [0, 0.05) is 6.42 Å². The monoisotopic (exact) mass is 312 g/mol. The highest BCUT2D eigenvalue weighted by atomic mass is 32.2. The predicted molar refractivity (Wildman–Crippen MR) is 79.6 cm³/mol. The molecule has 1 amide bonds. The lowest BCUT2D eigenvalue weighted by molar-refractivity contribution is -0.117. The summed E-state index contributed by atoms with van der Waals surface area (Å²) in [6, 6.07) is 4.15. The summed E-state index contributed by atoms with van der Waals surface area (Å²) in [6.07, 6.45) is 4.93. The summed E-state index contributed by atoms with van der Waals surface area (Å²) >= 11 is 0. The van der Waals surface area contributed by atoms with E-state index in [4.69, 9.17) is 9.88 Å². The molecule has 0 atom stereocenters. The Labute approximate surface area is 124 Å². The number of hydrogen-bond acceptors (Lipinski definition) is 4. The van der Waals surface area contributed by atoms with Crippen molar-refractivity contribution in [3.8, 4) is 5.75 Å². The zero-order valence-corrected chi connectivity index (χ0v) is 12.8. The van der Waals surface area contributed by atoms with Crippen molar-refractivity contribution in [2.45, 2.75) is 37.0 Å². The van der Waals surface area contributed by atoms with Crippen molar-refractivity contribution in [3.63, 3.8) is 0 Å². The maximum absolute atomic E-state index is 12.1. The average Bonchev–Trinajstić information content (AvgIpc) is 2.90. The Hall–Kier alpha value is -1.60. The first-order chi connectivity index (χ1) is 9.90. The Morgan fingerprint density at radius 1 is 1.38 bits per heavy atom. The predicted octanol–water partition coefficient (Wildman–Crippen LogP) is 1.86. The van der Waals surface area contributed by atoms with Crippen LogP contribution in [-0.4, -0.2) is 21.4 Å². The lowest BCUT2D eigenvalue weighted by Crippen LogP contribution is -2.17. The van der Waals surface area contributed by atoms with Crippen LogP contribution in [0.3, 0.4) is 0 Å². The molecule has 1 aromatic rings. The van der Waals surface area contributed by atoms with Crippen LogP contribution in [0.5, 0.6) is 5.75 Å². The van der Waals surface area contributed by atoms with Crippen LogP contribution in [0.15, 0.2) is 23.1 Å². The first-order valence-corrected chi connectivity index (χ1v) is 8.45. The number of carbonyl (C=O) groups is 1. The number of anilines is 1. The Morgan fingerprint density at radius 3 is 2.62 bits per heavy atom. The van der Waals surface area contributed by atoms with E-state index in [0.29, 0.717) is 23.8 Å². The van der Waals surface area contributed by atoms with Crippen LogP contribution >= 0.6 is 0 Å². The van der Waals surface area contributed by atoms with Crippen LogP contribution in [0, 0.1) is 5.92 Å². The zero-order valence-electron chi connectivity index (χ0n) is 12.0. The molecule has 6 nitrogen and oxygen atoms in total. The average molecular weight is 312 g/mol. The number of methoxy groups -OCH3 is 1. The van der Waals surface area contributed by atoms with Crippen molar-refractivity contribution < 1.29 is 17.9 Å². The Balaban J connectivity index is 2.15. The molecule has 3 N–H and O–H groups in total. The van der Waals surface area contributed by atoms with Gasteiger partial charge in [0.15, 0.2) is 0 Å². The summed E-state index contributed by atoms with van der Waals surface area (Å²) in [5, 5.41) is 7.82. The molecule has 116 valence electrons. The Bertz CT molecular complexity index is 622. The third kappa shape index (κ3) is 4.18. The SMILES string of the molecule is COc1ccc(S(N)(=O)=O)cc1NC(=O)CC1CCCC1. The fraction of sp³-hybridized carbons (Fsp3) is 0.500. The summed E-state index contributed by atoms with van der Waals surface area (Å²) in [5.41, 5.74) is 0.326. The summed E-state index contributed by atoms with van der Waals surface area (Å²) < 4.78 is 27.9. The van der Waals surface area contributed by atoms with E-state index >= 15 is 0 Å². The molecule has 0 aliphatic heterocycles. The van der Waals surface area contributed by atoms with E-state index in [9.17, 15) is 13.2 Å². The van der Waals surface area contributed by atoms with E-state index in [1.807, 2.05) is 0 Å². The molecular formula is C14H20N2O4S. The number of rotatable bonds is 5. The van der Waals surface area contributed by atoms with Gasteiger partial charge in [0.25, 0.3) is 0 Å². The summed E-state index contributed by atoms with van der Waals surface area (Å²) in [5.74, 6) is 0.686. The second-order valence-electron chi connectivity index (χ2n) is 5.31. The van der Waals surface area contributed by atoms with Gasteiger partial charge < -0.3 is 10.1 Å². The lowest BCUT2D eigenvalue weighted by atomic mass is 10.0. The number of benzene rings is 1. The van der Waals surface area contributed by atoms with Gasteiger partial charge in [-0.25, -0.2) is 13.6 Å². The fourth-order valence-corrected chi connectivity index (χ4v) is 3.18. The summed E-state index contributed by atoms with van der Waals surface area (Å²) in [4.78, 5) is 12.0. The van der Waals surface area contributed by atoms with Crippen molar-refractivity contribution in [3.05, 3.63) is 18.2 Å². The third-order valence-corrected chi connectivity index (χ3v) is 4.63. The van der Waals surface area contributed by atoms with Gasteiger partial charge in [0.2, 0.25) is 15.9 Å². The van der Waals surface area contributed by atoms with Crippen LogP contribution in [-0.2, 0) is 14.8 Å². The van der Waals surface area contributed by atoms with Crippen LogP contribution in [0.2, 0.25) is 0 Å². The van der Waals surface area contributed by atoms with Gasteiger partial charge in [-0.1, -0.05) is 12.8 Å². The zero-order chi connectivity index (χ0) is 15.5. The number of sulfonamides is 1. The van der Waals surface area contributed by atoms with Crippen molar-refractivity contribution in [1.29, 1.82) is 0 Å². The topological polar surface area (TPSA) is 98.5 Å². The number of nitrogens with two attached hydrogens (primary N) is 1. The van der Waals surface area contributed by atoms with Crippen molar-refractivity contribution >= 4 is 21.6 Å². The molecule has 0 radical (unpaired) electrons. The molecule has 7 heteroatoms. The second-order valence-corrected chi connectivity index (χ2v) is 6.87. The highest BCUT2D eigenvalue weighted by Crippen LogP contribution is 2.30. The largest absolute Gasteiger partial charge is 0.495 e. The van der Waals surface area contributed by atoms with Gasteiger partial charge in [0.1, 0.15) is 5.75 Å². The van der Waals surface area contributed by atoms with E-state index in [2.05, 4.69) is 5.32 Å². The van der Waals surface area contributed by atoms with Gasteiger partial charge >= 0.3 is 0 Å². The molecule has 1 aromatic carbocycles. The highest BCUT2D eigenvalue weighted by molar-refractivity contribution is 7.89. The van der Waals surface area contributed by atoms with E-state index in [0.717, 1.165) is 12.8 Å². The maximum Gasteiger partial charge on any atom is 0.238 e. The number of carbonyl (C=O) groups excluding carboxylic acids is 1. The number of ether oxygens (including phenoxy) is 1. The summed E-state index contributed by atoms with van der Waals surface area (Å²) in [6.45, 7) is 0. The van der Waals surface area contributed by atoms with E-state index < -0.39 is 10.0 Å². The van der Waals surface area contributed by atoms with Crippen molar-refractivity contribution in [2.75, 3.05) is 12.4 Å². The first kappa shape index (κ1) is 15.8. The lowest BCUT2D eigenvalue weighted by Gasteiger charge is -2.13. The summed E-state index contributed by atoms with van der Waals surface area (Å²) in [7, 11) is -2.36. The minimum Gasteiger partial charge on any atom is -0.495 e. The number of hydrogen-bond donors (Lipinski definition) is 2. The van der Waals surface area contributed by atoms with E-state index in [-0.39, 0.29) is 10.8 Å². The molecule has 1 aliphatic carbocycles. The van der Waals surface area contributed by atoms with Crippen LogP contribution in [0.25, 0.3) is 0 Å². The molecule has 0 heterocycles. The molecule has 0 unspecified atom stereocenters. The van der Waals surface area contributed by atoms with Gasteiger partial charge in [-0.2, -0.15) is 0 Å². The van der Waals surface area contributed by atoms with Crippen molar-refractivity contribution in [2.24, 2.45) is 11.1 Å². The fourth-order valence-electron chi connectivity index (χ4n) is 2.64. The minimum absolute atomic E-state index is 0.0560. The quantitative estimate of drug-likeness (QED) is 0.867. The molecule has 2 rings (SSSR count). The Morgan fingerprint density at radius 2 is 2.05 bits per heavy atom. The smallest absolute Gasteiger partial charge is 0.238 e. The van der Waals surface area contributed by atoms with Crippen molar-refractivity contribution in [1.82, 2.24) is 0 Å². The standard InChI is InChI=1S/C14H20N2O4S/c1-20-13-7-6-11(21(15,18)19)9-12(13)16-14(17)8-10-4-2-3-5-10/h6-7,9-10H,2-5,8H2,1H3,(H,16,17)(H2,15,18,19). The minimum atomic E-state index is -3.82. The van der Waals surface area contributed by atoms with Crippen LogP contribution in [0.1, 0.15) is 32.1 Å². The normalized spacial score (nSPS) is 15.9. The van der Waals surface area contributed by atoms with Crippen LogP contribution < -0.4 is 15.2 Å². The number of nitrogens with one attached hydrogen (secondary N) is 1. The second kappa shape index (κ2) is 6.44. The molecular weight excluding hydrogens is 292 g/mol. The van der Waals surface area contributed by atoms with E-state index in [1.54, 1.807) is 0 Å². The maximum atomic E-state index is 12.1. The molecule has 0 bridgehead atoms. The van der Waals surface area contributed by atoms with Gasteiger partial charge in [-0.3, -0.25) is 4.79 Å². The number of amides is 1. The van der Waals surface area contributed by atoms with Gasteiger partial charge in [-0.15, -0.1) is 0 Å². The molecule has 0 aromatic heterocycles. The van der Waals surface area contributed by atoms with E-state index in [1.165, 1.54) is 38.2 Å². The molecule has 0 saturated heterocycles. The molecule has 1 saturated carbocycles. The third-order valence-electron chi connectivity index (χ3n) is 3.72. The Kier molecular flexibility index (Phi) is 4.84. The highest BCUT2D eigenvalue weighted by Gasteiger charge is 2.20. The first-order valence-electron chi connectivity index (χ1n) is 6.91. The van der Waals surface area contributed by atoms with Gasteiger partial charge in [-0.05, 0) is 37.0 Å². The van der Waals surface area contributed by atoms with Gasteiger partial charge in [0.05, 0.1) is 17.7 Å². The molecule has 1 fully saturated rings. The molecule has 1 aliphatic rings. The number of primary sulfonamides is 1. The molecule has 21 heavy (non-hydrogen) atoms. The molecule has 0 spiro atoms. The van der Waals surface area contributed by atoms with Crippen LogP contribution in [0.4, 0.5) is 5.69 Å².